The van der Waals surface area contributed by atoms with Crippen LogP contribution in [0.25, 0.3) is 0 Å². The summed E-state index contributed by atoms with van der Waals surface area (Å²) in [7, 11) is 0. The van der Waals surface area contributed by atoms with Crippen LogP contribution < -0.4 is 5.73 Å². The average Bonchev–Trinajstić information content (AvgIpc) is 2.58. The van der Waals surface area contributed by atoms with Crippen molar-refractivity contribution >= 4 is 11.7 Å². The van der Waals surface area contributed by atoms with Crippen molar-refractivity contribution in [3.8, 4) is 0 Å². The van der Waals surface area contributed by atoms with Crippen molar-refractivity contribution in [2.45, 2.75) is 19.9 Å². The molecule has 2 N–H and O–H groups in total. The molecule has 5 heteroatoms. The fourth-order valence-electron chi connectivity index (χ4n) is 2.27. The second kappa shape index (κ2) is 5.82. The molecule has 0 aromatic carbocycles. The van der Waals surface area contributed by atoms with E-state index in [0.29, 0.717) is 5.82 Å². The van der Waals surface area contributed by atoms with Crippen LogP contribution >= 0.6 is 0 Å². The van der Waals surface area contributed by atoms with E-state index in [2.05, 4.69) is 9.88 Å². The van der Waals surface area contributed by atoms with E-state index in [9.17, 15) is 4.79 Å². The monoisotopic (exact) mass is 248 g/mol. The second-order valence-corrected chi connectivity index (χ2v) is 4.68. The van der Waals surface area contributed by atoms with Crippen molar-refractivity contribution in [1.29, 1.82) is 0 Å². The summed E-state index contributed by atoms with van der Waals surface area (Å²) >= 11 is 0. The number of rotatable bonds is 2. The van der Waals surface area contributed by atoms with E-state index < -0.39 is 0 Å². The first-order valence-corrected chi connectivity index (χ1v) is 6.34. The van der Waals surface area contributed by atoms with E-state index >= 15 is 0 Å². The minimum atomic E-state index is 0.165. The quantitative estimate of drug-likeness (QED) is 0.837. The molecule has 0 bridgehead atoms. The largest absolute Gasteiger partial charge is 0.383 e. The van der Waals surface area contributed by atoms with Crippen LogP contribution in [0.15, 0.2) is 18.3 Å². The second-order valence-electron chi connectivity index (χ2n) is 4.68. The fraction of sp³-hybridized carbons (Fsp3) is 0.538. The molecule has 0 unspecified atom stereocenters. The van der Waals surface area contributed by atoms with Crippen LogP contribution in [0.3, 0.4) is 0 Å². The molecule has 1 aliphatic heterocycles. The van der Waals surface area contributed by atoms with Crippen LogP contribution in [0.2, 0.25) is 0 Å². The average molecular weight is 248 g/mol. The first-order valence-electron chi connectivity index (χ1n) is 6.34. The Labute approximate surface area is 108 Å². The van der Waals surface area contributed by atoms with Gasteiger partial charge in [-0.3, -0.25) is 9.69 Å². The van der Waals surface area contributed by atoms with E-state index in [0.717, 1.165) is 44.7 Å². The van der Waals surface area contributed by atoms with Gasteiger partial charge in [0.15, 0.2) is 0 Å². The number of amides is 1. The lowest BCUT2D eigenvalue weighted by Crippen LogP contribution is -2.33. The lowest BCUT2D eigenvalue weighted by molar-refractivity contribution is -0.128. The maximum Gasteiger partial charge on any atom is 0.219 e. The number of nitrogens with two attached hydrogens (primary N) is 1. The molecule has 1 amide bonds. The van der Waals surface area contributed by atoms with Gasteiger partial charge in [-0.2, -0.15) is 0 Å². The molecule has 1 fully saturated rings. The molecule has 1 aromatic heterocycles. The number of pyridine rings is 1. The van der Waals surface area contributed by atoms with Crippen molar-refractivity contribution in [1.82, 2.24) is 14.8 Å². The summed E-state index contributed by atoms with van der Waals surface area (Å²) in [5.74, 6) is 0.767. The first-order chi connectivity index (χ1) is 8.66. The van der Waals surface area contributed by atoms with Crippen molar-refractivity contribution in [2.24, 2.45) is 0 Å². The van der Waals surface area contributed by atoms with Gasteiger partial charge in [-0.1, -0.05) is 6.07 Å². The molecule has 0 spiro atoms. The van der Waals surface area contributed by atoms with Gasteiger partial charge < -0.3 is 10.6 Å². The van der Waals surface area contributed by atoms with E-state index in [1.807, 2.05) is 17.0 Å². The van der Waals surface area contributed by atoms with Gasteiger partial charge in [0.25, 0.3) is 0 Å². The van der Waals surface area contributed by atoms with Gasteiger partial charge in [-0.15, -0.1) is 0 Å². The van der Waals surface area contributed by atoms with Gasteiger partial charge in [0.2, 0.25) is 5.91 Å². The number of carbonyl (C=O) groups excluding carboxylic acids is 1. The molecule has 98 valence electrons. The molecule has 5 nitrogen and oxygen atoms in total. The maximum atomic E-state index is 11.3. The van der Waals surface area contributed by atoms with Gasteiger partial charge in [-0.05, 0) is 12.5 Å². The number of nitrogen functional groups attached to an aromatic ring is 1. The Hall–Kier alpha value is -1.62. The van der Waals surface area contributed by atoms with Crippen LogP contribution in [-0.4, -0.2) is 46.9 Å². The summed E-state index contributed by atoms with van der Waals surface area (Å²) in [5, 5.41) is 0. The van der Waals surface area contributed by atoms with Crippen LogP contribution in [0, 0.1) is 0 Å². The van der Waals surface area contributed by atoms with Gasteiger partial charge in [-0.25, -0.2) is 4.98 Å². The molecular formula is C13H20N4O. The number of nitrogens with zero attached hydrogens (tertiary/aromatic N) is 3. The lowest BCUT2D eigenvalue weighted by atomic mass is 10.2. The van der Waals surface area contributed by atoms with Gasteiger partial charge in [0.05, 0.1) is 0 Å². The van der Waals surface area contributed by atoms with Crippen molar-refractivity contribution in [3.63, 3.8) is 0 Å². The summed E-state index contributed by atoms with van der Waals surface area (Å²) in [5.41, 5.74) is 6.91. The summed E-state index contributed by atoms with van der Waals surface area (Å²) in [4.78, 5) is 19.7. The number of aromatic nitrogens is 1. The highest BCUT2D eigenvalue weighted by Gasteiger charge is 2.17. The smallest absolute Gasteiger partial charge is 0.219 e. The summed E-state index contributed by atoms with van der Waals surface area (Å²) < 4.78 is 0. The third-order valence-electron chi connectivity index (χ3n) is 3.35. The van der Waals surface area contributed by atoms with Crippen LogP contribution in [0.1, 0.15) is 18.9 Å². The zero-order valence-electron chi connectivity index (χ0n) is 10.8. The molecule has 1 aliphatic rings. The maximum absolute atomic E-state index is 11.3. The Bertz CT molecular complexity index is 421. The van der Waals surface area contributed by atoms with Crippen LogP contribution in [-0.2, 0) is 11.3 Å². The third-order valence-corrected chi connectivity index (χ3v) is 3.35. The van der Waals surface area contributed by atoms with E-state index in [4.69, 9.17) is 5.73 Å². The highest BCUT2D eigenvalue weighted by molar-refractivity contribution is 5.73. The Morgan fingerprint density at radius 3 is 2.94 bits per heavy atom. The molecule has 0 radical (unpaired) electrons. The number of hydrogen-bond acceptors (Lipinski definition) is 4. The minimum Gasteiger partial charge on any atom is -0.383 e. The normalized spacial score (nSPS) is 17.5. The van der Waals surface area contributed by atoms with Gasteiger partial charge in [0, 0.05) is 51.4 Å². The Morgan fingerprint density at radius 1 is 1.39 bits per heavy atom. The van der Waals surface area contributed by atoms with E-state index in [1.54, 1.807) is 13.1 Å². The first kappa shape index (κ1) is 12.8. The number of carbonyl (C=O) groups is 1. The standard InChI is InChI=1S/C13H20N4O/c1-11(18)17-7-3-6-16(8-9-17)10-12-4-2-5-15-13(12)14/h2,4-5H,3,6-10H2,1H3,(H2,14,15). The summed E-state index contributed by atoms with van der Waals surface area (Å²) in [6, 6.07) is 3.92. The molecule has 0 saturated carbocycles. The molecule has 2 rings (SSSR count). The highest BCUT2D eigenvalue weighted by Crippen LogP contribution is 2.12. The molecule has 1 saturated heterocycles. The lowest BCUT2D eigenvalue weighted by Gasteiger charge is -2.21. The fourth-order valence-corrected chi connectivity index (χ4v) is 2.27. The Balaban J connectivity index is 1.95. The molecule has 0 aliphatic carbocycles. The predicted octanol–water partition coefficient (Wildman–Crippen LogP) is 0.718. The van der Waals surface area contributed by atoms with Crippen LogP contribution in [0.5, 0.6) is 0 Å². The minimum absolute atomic E-state index is 0.165. The van der Waals surface area contributed by atoms with E-state index in [1.165, 1.54) is 0 Å². The summed E-state index contributed by atoms with van der Waals surface area (Å²) in [6.45, 7) is 6.00. The molecule has 1 aromatic rings. The van der Waals surface area contributed by atoms with E-state index in [-0.39, 0.29) is 5.91 Å². The van der Waals surface area contributed by atoms with Crippen LogP contribution in [0.4, 0.5) is 5.82 Å². The topological polar surface area (TPSA) is 62.5 Å². The predicted molar refractivity (Wildman–Crippen MR) is 70.8 cm³/mol. The molecule has 18 heavy (non-hydrogen) atoms. The Morgan fingerprint density at radius 2 is 2.22 bits per heavy atom. The van der Waals surface area contributed by atoms with Gasteiger partial charge in [0.1, 0.15) is 5.82 Å². The summed E-state index contributed by atoms with van der Waals surface area (Å²) in [6.07, 6.45) is 2.72. The Kier molecular flexibility index (Phi) is 4.15. The number of hydrogen-bond donors (Lipinski definition) is 1. The van der Waals surface area contributed by atoms with Crippen molar-refractivity contribution in [2.75, 3.05) is 31.9 Å². The molecular weight excluding hydrogens is 228 g/mol. The zero-order valence-corrected chi connectivity index (χ0v) is 10.8. The van der Waals surface area contributed by atoms with Gasteiger partial charge >= 0.3 is 0 Å². The molecule has 0 atom stereocenters. The number of anilines is 1. The SMILES string of the molecule is CC(=O)N1CCCN(Cc2cccnc2N)CC1. The third kappa shape index (κ3) is 3.20. The zero-order chi connectivity index (χ0) is 13.0. The van der Waals surface area contributed by atoms with Crippen molar-refractivity contribution in [3.05, 3.63) is 23.9 Å². The highest BCUT2D eigenvalue weighted by atomic mass is 16.2. The van der Waals surface area contributed by atoms with Crippen molar-refractivity contribution < 1.29 is 4.79 Å². The molecule has 2 heterocycles.